The van der Waals surface area contributed by atoms with Crippen LogP contribution in [-0.2, 0) is 6.42 Å². The van der Waals surface area contributed by atoms with Crippen molar-refractivity contribution in [2.45, 2.75) is 33.2 Å². The number of piperazine rings is 1. The highest BCUT2D eigenvalue weighted by Crippen LogP contribution is 2.14. The molecule has 0 spiro atoms. The number of nitrogens with one attached hydrogen (secondary N) is 1. The van der Waals surface area contributed by atoms with Crippen LogP contribution in [0.25, 0.3) is 0 Å². The van der Waals surface area contributed by atoms with E-state index in [9.17, 15) is 0 Å². The highest BCUT2D eigenvalue weighted by molar-refractivity contribution is 14.0. The van der Waals surface area contributed by atoms with E-state index in [4.69, 9.17) is 5.73 Å². The van der Waals surface area contributed by atoms with Crippen LogP contribution in [0.15, 0.2) is 29.3 Å². The lowest BCUT2D eigenvalue weighted by Gasteiger charge is -2.39. The maximum Gasteiger partial charge on any atom is 0.193 e. The number of rotatable bonds is 6. The first-order valence-corrected chi connectivity index (χ1v) is 9.08. The van der Waals surface area contributed by atoms with E-state index in [0.717, 1.165) is 44.8 Å². The Hall–Kier alpha value is -0.860. The van der Waals surface area contributed by atoms with Crippen LogP contribution in [-0.4, -0.2) is 61.6 Å². The Morgan fingerprint density at radius 1 is 1.16 bits per heavy atom. The second kappa shape index (κ2) is 11.0. The lowest BCUT2D eigenvalue weighted by Crippen LogP contribution is -2.51. The van der Waals surface area contributed by atoms with Gasteiger partial charge in [-0.05, 0) is 37.1 Å². The fourth-order valence-corrected chi connectivity index (χ4v) is 3.10. The molecule has 2 rings (SSSR count). The van der Waals surface area contributed by atoms with Crippen LogP contribution in [0.1, 0.15) is 26.3 Å². The van der Waals surface area contributed by atoms with Crippen molar-refractivity contribution in [1.29, 1.82) is 0 Å². The largest absolute Gasteiger partial charge is 0.370 e. The van der Waals surface area contributed by atoms with Gasteiger partial charge in [-0.3, -0.25) is 9.89 Å². The summed E-state index contributed by atoms with van der Waals surface area (Å²) in [6.45, 7) is 11.9. The second-order valence-electron chi connectivity index (χ2n) is 7.05. The molecule has 0 bridgehead atoms. The zero-order valence-electron chi connectivity index (χ0n) is 16.0. The van der Waals surface area contributed by atoms with Gasteiger partial charge in [-0.1, -0.05) is 32.9 Å². The van der Waals surface area contributed by atoms with Crippen molar-refractivity contribution in [2.24, 2.45) is 16.6 Å². The fourth-order valence-electron chi connectivity index (χ4n) is 3.10. The molecule has 3 N–H and O–H groups in total. The Bertz CT molecular complexity index is 521. The maximum absolute atomic E-state index is 6.09. The van der Waals surface area contributed by atoms with Gasteiger partial charge in [-0.15, -0.1) is 24.0 Å². The number of aryl methyl sites for hydroxylation is 1. The molecule has 6 heteroatoms. The predicted octanol–water partition coefficient (Wildman–Crippen LogP) is 2.87. The minimum atomic E-state index is 0. The van der Waals surface area contributed by atoms with Gasteiger partial charge in [0.05, 0.1) is 6.54 Å². The molecule has 0 saturated carbocycles. The van der Waals surface area contributed by atoms with Crippen molar-refractivity contribution < 1.29 is 0 Å². The summed E-state index contributed by atoms with van der Waals surface area (Å²) in [5.74, 6) is 1.06. The summed E-state index contributed by atoms with van der Waals surface area (Å²) in [6.07, 6.45) is 1.05. The van der Waals surface area contributed by atoms with Crippen molar-refractivity contribution in [3.63, 3.8) is 0 Å². The van der Waals surface area contributed by atoms with E-state index in [1.165, 1.54) is 5.56 Å². The summed E-state index contributed by atoms with van der Waals surface area (Å²) in [4.78, 5) is 9.54. The number of hydrogen-bond acceptors (Lipinski definition) is 3. The molecule has 5 nitrogen and oxygen atoms in total. The number of nitrogens with zero attached hydrogens (tertiary/aromatic N) is 3. The highest BCUT2D eigenvalue weighted by Gasteiger charge is 2.24. The summed E-state index contributed by atoms with van der Waals surface area (Å²) in [5, 5.41) is 3.20. The van der Waals surface area contributed by atoms with Crippen molar-refractivity contribution in [2.75, 3.05) is 45.1 Å². The predicted molar refractivity (Wildman–Crippen MR) is 119 cm³/mol. The van der Waals surface area contributed by atoms with Gasteiger partial charge in [0.25, 0.3) is 0 Å². The van der Waals surface area contributed by atoms with E-state index in [2.05, 4.69) is 72.2 Å². The zero-order valence-corrected chi connectivity index (χ0v) is 18.4. The molecule has 0 aliphatic carbocycles. The fraction of sp³-hybridized carbons (Fsp3) is 0.632. The SMILES string of the molecule is CCc1ccc(NC(N)=NCC(C(C)C)N2CCN(C)CC2)cc1.I. The standard InChI is InChI=1S/C19H33N5.HI/c1-5-16-6-8-17(9-7-16)22-19(20)21-14-18(15(2)3)24-12-10-23(4)11-13-24;/h6-9,15,18H,5,10-14H2,1-4H3,(H3,20,21,22);1H. The Morgan fingerprint density at radius 2 is 1.76 bits per heavy atom. The van der Waals surface area contributed by atoms with E-state index in [1.54, 1.807) is 0 Å². The van der Waals surface area contributed by atoms with E-state index in [1.807, 2.05) is 0 Å². The molecule has 1 aliphatic heterocycles. The molecular formula is C19H34IN5. The normalized spacial score (nSPS) is 18.0. The number of halogens is 1. The van der Waals surface area contributed by atoms with Crippen LogP contribution in [0.2, 0.25) is 0 Å². The van der Waals surface area contributed by atoms with Crippen LogP contribution < -0.4 is 11.1 Å². The van der Waals surface area contributed by atoms with Gasteiger partial charge < -0.3 is 16.0 Å². The van der Waals surface area contributed by atoms with Gasteiger partial charge in [-0.25, -0.2) is 0 Å². The molecule has 1 unspecified atom stereocenters. The van der Waals surface area contributed by atoms with Gasteiger partial charge in [0.2, 0.25) is 0 Å². The first-order valence-electron chi connectivity index (χ1n) is 9.08. The second-order valence-corrected chi connectivity index (χ2v) is 7.05. The van der Waals surface area contributed by atoms with Crippen molar-refractivity contribution in [3.8, 4) is 0 Å². The van der Waals surface area contributed by atoms with Gasteiger partial charge in [-0.2, -0.15) is 0 Å². The number of benzene rings is 1. The molecule has 0 aromatic heterocycles. The quantitative estimate of drug-likeness (QED) is 0.390. The van der Waals surface area contributed by atoms with Gasteiger partial charge >= 0.3 is 0 Å². The van der Waals surface area contributed by atoms with Gasteiger partial charge in [0, 0.05) is 37.9 Å². The zero-order chi connectivity index (χ0) is 17.5. The first-order chi connectivity index (χ1) is 11.5. The van der Waals surface area contributed by atoms with E-state index in [0.29, 0.717) is 17.9 Å². The molecule has 1 saturated heterocycles. The lowest BCUT2D eigenvalue weighted by molar-refractivity contribution is 0.0926. The third-order valence-corrected chi connectivity index (χ3v) is 4.86. The molecule has 0 radical (unpaired) electrons. The topological polar surface area (TPSA) is 56.9 Å². The van der Waals surface area contributed by atoms with Crippen LogP contribution in [0, 0.1) is 5.92 Å². The Morgan fingerprint density at radius 3 is 2.28 bits per heavy atom. The number of anilines is 1. The summed E-state index contributed by atoms with van der Waals surface area (Å²) in [6, 6.07) is 8.80. The molecule has 1 aromatic rings. The van der Waals surface area contributed by atoms with Crippen molar-refractivity contribution in [3.05, 3.63) is 29.8 Å². The number of aliphatic imine (C=N–C) groups is 1. The Labute approximate surface area is 170 Å². The molecule has 142 valence electrons. The number of nitrogens with two attached hydrogens (primary N) is 1. The average Bonchev–Trinajstić information content (AvgIpc) is 2.57. The van der Waals surface area contributed by atoms with Crippen LogP contribution in [0.3, 0.4) is 0 Å². The summed E-state index contributed by atoms with van der Waals surface area (Å²) < 4.78 is 0. The molecule has 1 heterocycles. The summed E-state index contributed by atoms with van der Waals surface area (Å²) in [7, 11) is 2.19. The number of guanidine groups is 1. The third-order valence-electron chi connectivity index (χ3n) is 4.86. The third kappa shape index (κ3) is 7.11. The molecule has 1 aromatic carbocycles. The number of hydrogen-bond donors (Lipinski definition) is 2. The lowest BCUT2D eigenvalue weighted by atomic mass is 10.0. The first kappa shape index (κ1) is 22.2. The molecule has 0 amide bonds. The maximum atomic E-state index is 6.09. The monoisotopic (exact) mass is 459 g/mol. The van der Waals surface area contributed by atoms with Crippen LogP contribution in [0.4, 0.5) is 5.69 Å². The Balaban J connectivity index is 0.00000312. The minimum absolute atomic E-state index is 0. The molecule has 1 fully saturated rings. The minimum Gasteiger partial charge on any atom is -0.370 e. The van der Waals surface area contributed by atoms with E-state index < -0.39 is 0 Å². The smallest absolute Gasteiger partial charge is 0.193 e. The molecule has 25 heavy (non-hydrogen) atoms. The average molecular weight is 459 g/mol. The van der Waals surface area contributed by atoms with Crippen LogP contribution in [0.5, 0.6) is 0 Å². The van der Waals surface area contributed by atoms with E-state index >= 15 is 0 Å². The van der Waals surface area contributed by atoms with E-state index in [-0.39, 0.29) is 24.0 Å². The van der Waals surface area contributed by atoms with Crippen molar-refractivity contribution >= 4 is 35.6 Å². The number of likely N-dealkylation sites (N-methyl/N-ethyl adjacent to an activating group) is 1. The summed E-state index contributed by atoms with van der Waals surface area (Å²) >= 11 is 0. The highest BCUT2D eigenvalue weighted by atomic mass is 127. The van der Waals surface area contributed by atoms with Gasteiger partial charge in [0.1, 0.15) is 0 Å². The molecular weight excluding hydrogens is 425 g/mol. The van der Waals surface area contributed by atoms with Crippen molar-refractivity contribution in [1.82, 2.24) is 9.80 Å². The molecule has 1 aliphatic rings. The summed E-state index contributed by atoms with van der Waals surface area (Å²) in [5.41, 5.74) is 8.41. The van der Waals surface area contributed by atoms with Gasteiger partial charge in [0.15, 0.2) is 5.96 Å². The Kier molecular flexibility index (Phi) is 9.74. The van der Waals surface area contributed by atoms with Crippen LogP contribution >= 0.6 is 24.0 Å². The molecule has 1 atom stereocenters.